The number of hydrogen-bond donors (Lipinski definition) is 4. The fraction of sp³-hybridized carbons (Fsp3) is 0.407. The number of hydrogen-bond acceptors (Lipinski definition) is 5. The fourth-order valence-corrected chi connectivity index (χ4v) is 3.67. The van der Waals surface area contributed by atoms with Gasteiger partial charge in [-0.2, -0.15) is 13.2 Å². The van der Waals surface area contributed by atoms with Gasteiger partial charge in [0, 0.05) is 44.5 Å². The van der Waals surface area contributed by atoms with Crippen molar-refractivity contribution in [3.63, 3.8) is 0 Å². The first kappa shape index (κ1) is 32.1. The van der Waals surface area contributed by atoms with Crippen LogP contribution in [0.15, 0.2) is 59.6 Å². The summed E-state index contributed by atoms with van der Waals surface area (Å²) in [6.07, 6.45) is -4.25. The zero-order valence-electron chi connectivity index (χ0n) is 22.3. The summed E-state index contributed by atoms with van der Waals surface area (Å²) in [5.41, 5.74) is 2.26. The molecular formula is C27H34F3N5O5. The normalized spacial score (nSPS) is 14.2. The molecule has 1 amide bonds. The fourth-order valence-electron chi connectivity index (χ4n) is 3.67. The Morgan fingerprint density at radius 1 is 0.950 bits per heavy atom. The first-order chi connectivity index (χ1) is 18.8. The molecule has 1 fully saturated rings. The lowest BCUT2D eigenvalue weighted by molar-refractivity contribution is -0.192. The number of nitrogens with zero attached hydrogens (tertiary/aromatic N) is 3. The molecule has 0 spiro atoms. The smallest absolute Gasteiger partial charge is 0.478 e. The zero-order valence-corrected chi connectivity index (χ0v) is 22.3. The van der Waals surface area contributed by atoms with Gasteiger partial charge in [-0.1, -0.05) is 30.3 Å². The second-order valence-electron chi connectivity index (χ2n) is 9.24. The topological polar surface area (TPSA) is 135 Å². The van der Waals surface area contributed by atoms with Crippen molar-refractivity contribution in [2.24, 2.45) is 4.99 Å². The number of benzene rings is 2. The molecule has 218 valence electrons. The van der Waals surface area contributed by atoms with Crippen molar-refractivity contribution in [1.82, 2.24) is 15.1 Å². The van der Waals surface area contributed by atoms with Crippen LogP contribution >= 0.6 is 0 Å². The van der Waals surface area contributed by atoms with Gasteiger partial charge in [-0.3, -0.25) is 14.7 Å². The molecule has 0 radical (unpaired) electrons. The van der Waals surface area contributed by atoms with Gasteiger partial charge in [0.05, 0.1) is 12.1 Å². The quantitative estimate of drug-likeness (QED) is 0.283. The van der Waals surface area contributed by atoms with E-state index in [9.17, 15) is 22.8 Å². The number of alkyl halides is 3. The Morgan fingerprint density at radius 3 is 2.02 bits per heavy atom. The maximum atomic E-state index is 12.1. The van der Waals surface area contributed by atoms with Gasteiger partial charge in [0.2, 0.25) is 5.91 Å². The summed E-state index contributed by atoms with van der Waals surface area (Å²) in [5.74, 6) is -2.89. The predicted octanol–water partition coefficient (Wildman–Crippen LogP) is 3.17. The van der Waals surface area contributed by atoms with Crippen molar-refractivity contribution in [3.05, 3.63) is 65.7 Å². The number of rotatable bonds is 8. The SMILES string of the molecule is CC(C)NC(=O)CN1CCN(C(=NCCc2ccccc2)Nc2ccc(C(=O)O)cc2)CC1.O=C(O)C(F)(F)F. The number of piperazine rings is 1. The third-order valence-electron chi connectivity index (χ3n) is 5.62. The number of carboxylic acids is 2. The molecule has 0 aliphatic carbocycles. The number of nitrogens with one attached hydrogen (secondary N) is 2. The molecule has 0 atom stereocenters. The van der Waals surface area contributed by atoms with Crippen molar-refractivity contribution in [3.8, 4) is 0 Å². The van der Waals surface area contributed by atoms with Gasteiger partial charge in [-0.15, -0.1) is 0 Å². The molecule has 13 heteroatoms. The number of carbonyl (C=O) groups excluding carboxylic acids is 1. The average molecular weight is 566 g/mol. The minimum absolute atomic E-state index is 0.0480. The van der Waals surface area contributed by atoms with Gasteiger partial charge in [0.25, 0.3) is 0 Å². The van der Waals surface area contributed by atoms with Crippen LogP contribution in [0.2, 0.25) is 0 Å². The number of amides is 1. The summed E-state index contributed by atoms with van der Waals surface area (Å²) < 4.78 is 31.7. The largest absolute Gasteiger partial charge is 0.490 e. The van der Waals surface area contributed by atoms with Gasteiger partial charge in [-0.05, 0) is 50.1 Å². The second kappa shape index (κ2) is 15.5. The minimum atomic E-state index is -5.08. The highest BCUT2D eigenvalue weighted by molar-refractivity contribution is 5.94. The summed E-state index contributed by atoms with van der Waals surface area (Å²) >= 11 is 0. The van der Waals surface area contributed by atoms with E-state index in [-0.39, 0.29) is 17.5 Å². The van der Waals surface area contributed by atoms with Gasteiger partial charge in [0.15, 0.2) is 5.96 Å². The van der Waals surface area contributed by atoms with Gasteiger partial charge in [0.1, 0.15) is 0 Å². The van der Waals surface area contributed by atoms with Crippen molar-refractivity contribution >= 4 is 29.5 Å². The average Bonchev–Trinajstić information content (AvgIpc) is 2.89. The van der Waals surface area contributed by atoms with E-state index in [1.165, 1.54) is 5.56 Å². The Balaban J connectivity index is 0.000000708. The maximum Gasteiger partial charge on any atom is 0.490 e. The third-order valence-corrected chi connectivity index (χ3v) is 5.62. The second-order valence-corrected chi connectivity index (χ2v) is 9.24. The highest BCUT2D eigenvalue weighted by Gasteiger charge is 2.38. The van der Waals surface area contributed by atoms with E-state index in [1.54, 1.807) is 24.3 Å². The number of anilines is 1. The van der Waals surface area contributed by atoms with E-state index in [4.69, 9.17) is 20.0 Å². The Hall–Kier alpha value is -4.13. The van der Waals surface area contributed by atoms with E-state index in [0.717, 1.165) is 44.2 Å². The Morgan fingerprint density at radius 2 is 1.52 bits per heavy atom. The molecule has 2 aromatic carbocycles. The van der Waals surface area contributed by atoms with Crippen LogP contribution < -0.4 is 10.6 Å². The molecule has 0 bridgehead atoms. The van der Waals surface area contributed by atoms with Crippen LogP contribution in [0.4, 0.5) is 18.9 Å². The van der Waals surface area contributed by atoms with Crippen LogP contribution in [0.25, 0.3) is 0 Å². The molecule has 1 aliphatic rings. The number of aliphatic carboxylic acids is 1. The predicted molar refractivity (Wildman–Crippen MR) is 144 cm³/mol. The molecule has 0 unspecified atom stereocenters. The summed E-state index contributed by atoms with van der Waals surface area (Å²) in [4.78, 5) is 41.3. The van der Waals surface area contributed by atoms with Gasteiger partial charge < -0.3 is 25.7 Å². The number of carboxylic acid groups (broad SMARTS) is 2. The van der Waals surface area contributed by atoms with Crippen molar-refractivity contribution in [2.75, 3.05) is 44.6 Å². The molecule has 10 nitrogen and oxygen atoms in total. The molecule has 1 saturated heterocycles. The van der Waals surface area contributed by atoms with Crippen LogP contribution in [-0.2, 0) is 16.0 Å². The van der Waals surface area contributed by atoms with Crippen molar-refractivity contribution in [2.45, 2.75) is 32.5 Å². The van der Waals surface area contributed by atoms with Gasteiger partial charge in [-0.25, -0.2) is 9.59 Å². The van der Waals surface area contributed by atoms with Gasteiger partial charge >= 0.3 is 18.1 Å². The Kier molecular flexibility index (Phi) is 12.4. The van der Waals surface area contributed by atoms with E-state index in [2.05, 4.69) is 32.6 Å². The molecule has 0 aromatic heterocycles. The minimum Gasteiger partial charge on any atom is -0.478 e. The molecular weight excluding hydrogens is 531 g/mol. The molecule has 2 aromatic rings. The van der Waals surface area contributed by atoms with E-state index in [1.807, 2.05) is 32.0 Å². The van der Waals surface area contributed by atoms with E-state index < -0.39 is 18.1 Å². The molecule has 1 aliphatic heterocycles. The Labute approximate surface area is 230 Å². The lowest BCUT2D eigenvalue weighted by atomic mass is 10.2. The molecule has 3 rings (SSSR count). The number of aliphatic imine (C=N–C) groups is 1. The van der Waals surface area contributed by atoms with Crippen LogP contribution in [0.3, 0.4) is 0 Å². The number of halogens is 3. The highest BCUT2D eigenvalue weighted by atomic mass is 19.4. The van der Waals surface area contributed by atoms with Crippen LogP contribution in [0, 0.1) is 0 Å². The first-order valence-electron chi connectivity index (χ1n) is 12.6. The lowest BCUT2D eigenvalue weighted by Crippen LogP contribution is -2.53. The summed E-state index contributed by atoms with van der Waals surface area (Å²) in [6, 6.07) is 17.0. The standard InChI is InChI=1S/C25H33N5O3.C2HF3O2/c1-19(2)27-23(31)18-29-14-16-30(17-15-29)25(26-13-12-20-6-4-3-5-7-20)28-22-10-8-21(9-11-22)24(32)33;3-2(4,5)1(6)7/h3-11,19H,12-18H2,1-2H3,(H,26,28)(H,27,31)(H,32,33);(H,6,7). The monoisotopic (exact) mass is 565 g/mol. The van der Waals surface area contributed by atoms with Crippen LogP contribution in [-0.4, -0.2) is 95.3 Å². The molecule has 1 heterocycles. The highest BCUT2D eigenvalue weighted by Crippen LogP contribution is 2.14. The van der Waals surface area contributed by atoms with Crippen molar-refractivity contribution < 1.29 is 37.8 Å². The summed E-state index contributed by atoms with van der Waals surface area (Å²) in [7, 11) is 0. The first-order valence-corrected chi connectivity index (χ1v) is 12.6. The number of carbonyl (C=O) groups is 3. The zero-order chi connectivity index (χ0) is 29.7. The lowest BCUT2D eigenvalue weighted by Gasteiger charge is -2.36. The van der Waals surface area contributed by atoms with Crippen LogP contribution in [0.5, 0.6) is 0 Å². The molecule has 40 heavy (non-hydrogen) atoms. The van der Waals surface area contributed by atoms with Crippen molar-refractivity contribution in [1.29, 1.82) is 0 Å². The maximum absolute atomic E-state index is 12.1. The molecule has 4 N–H and O–H groups in total. The summed E-state index contributed by atoms with van der Waals surface area (Å²) in [6.45, 7) is 7.99. The molecule has 0 saturated carbocycles. The summed E-state index contributed by atoms with van der Waals surface area (Å²) in [5, 5.41) is 22.6. The number of guanidine groups is 1. The third kappa shape index (κ3) is 11.7. The van der Waals surface area contributed by atoms with E-state index >= 15 is 0 Å². The van der Waals surface area contributed by atoms with E-state index in [0.29, 0.717) is 13.1 Å². The Bertz CT molecular complexity index is 1130. The number of aromatic carboxylic acids is 1. The van der Waals surface area contributed by atoms with Crippen LogP contribution in [0.1, 0.15) is 29.8 Å².